The number of methoxy groups -OCH3 is 1. The van der Waals surface area contributed by atoms with E-state index in [1.165, 1.54) is 33.8 Å². The second-order valence-electron chi connectivity index (χ2n) is 5.76. The Kier molecular flexibility index (Phi) is 6.11. The lowest BCUT2D eigenvalue weighted by Gasteiger charge is -2.13. The minimum absolute atomic E-state index is 0.00507. The van der Waals surface area contributed by atoms with Gasteiger partial charge in [-0.2, -0.15) is 5.10 Å². The second-order valence-corrected chi connectivity index (χ2v) is 5.76. The van der Waals surface area contributed by atoms with Crippen LogP contribution in [-0.2, 0) is 17.9 Å². The third kappa shape index (κ3) is 4.40. The molecule has 12 heteroatoms. The number of amides is 2. The van der Waals surface area contributed by atoms with Crippen molar-refractivity contribution in [3.63, 3.8) is 0 Å². The van der Waals surface area contributed by atoms with Crippen molar-refractivity contribution in [2.45, 2.75) is 26.4 Å². The van der Waals surface area contributed by atoms with Gasteiger partial charge in [-0.1, -0.05) is 0 Å². The molecular weight excluding hydrogens is 358 g/mol. The predicted molar refractivity (Wildman–Crippen MR) is 94.6 cm³/mol. The smallest absolute Gasteiger partial charge is 0.350 e. The van der Waals surface area contributed by atoms with Crippen molar-refractivity contribution in [3.05, 3.63) is 28.2 Å². The average molecular weight is 379 g/mol. The fourth-order valence-corrected chi connectivity index (χ4v) is 2.36. The highest BCUT2D eigenvalue weighted by molar-refractivity contribution is 6.02. The minimum Gasteiger partial charge on any atom is -0.475 e. The minimum atomic E-state index is -0.610. The van der Waals surface area contributed by atoms with E-state index in [-0.39, 0.29) is 42.0 Å². The lowest BCUT2D eigenvalue weighted by molar-refractivity contribution is -0.385. The number of hydrogen-bond donors (Lipinski definition) is 1. The summed E-state index contributed by atoms with van der Waals surface area (Å²) in [7, 11) is 4.50. The highest BCUT2D eigenvalue weighted by atomic mass is 16.6. The molecule has 0 unspecified atom stereocenters. The first-order chi connectivity index (χ1) is 12.8. The SMILES string of the molecule is CCn1ncc(NC(=O)CCn2cc([N+](=O)[O-])c(OC)n2)c1C(=O)N(C)C. The molecule has 2 amide bonds. The quantitative estimate of drug-likeness (QED) is 0.527. The number of nitrogens with zero attached hydrogens (tertiary/aromatic N) is 6. The van der Waals surface area contributed by atoms with E-state index >= 15 is 0 Å². The molecule has 0 aromatic carbocycles. The summed E-state index contributed by atoms with van der Waals surface area (Å²) in [5, 5.41) is 21.6. The Labute approximate surface area is 154 Å². The van der Waals surface area contributed by atoms with E-state index in [4.69, 9.17) is 4.74 Å². The second kappa shape index (κ2) is 8.29. The van der Waals surface area contributed by atoms with E-state index in [1.807, 2.05) is 6.92 Å². The molecule has 0 spiro atoms. The Morgan fingerprint density at radius 3 is 2.63 bits per heavy atom. The molecule has 0 atom stereocenters. The standard InChI is InChI=1S/C15H21N7O5/c1-5-21-13(15(24)19(2)3)10(8-16-21)17-12(23)6-7-20-9-11(22(25)26)14(18-20)27-4/h8-9H,5-7H2,1-4H3,(H,17,23). The van der Waals surface area contributed by atoms with Crippen LogP contribution in [0.15, 0.2) is 12.4 Å². The zero-order valence-electron chi connectivity index (χ0n) is 15.5. The third-order valence-electron chi connectivity index (χ3n) is 3.69. The molecule has 0 aliphatic carbocycles. The Morgan fingerprint density at radius 2 is 2.11 bits per heavy atom. The predicted octanol–water partition coefficient (Wildman–Crippen LogP) is 0.747. The molecule has 0 saturated heterocycles. The first-order valence-electron chi connectivity index (χ1n) is 8.11. The molecule has 2 aromatic heterocycles. The molecule has 0 aliphatic heterocycles. The summed E-state index contributed by atoms with van der Waals surface area (Å²) >= 11 is 0. The van der Waals surface area contributed by atoms with Crippen molar-refractivity contribution in [1.82, 2.24) is 24.5 Å². The van der Waals surface area contributed by atoms with Gasteiger partial charge in [-0.05, 0) is 6.92 Å². The molecule has 0 fully saturated rings. The van der Waals surface area contributed by atoms with Gasteiger partial charge >= 0.3 is 11.6 Å². The van der Waals surface area contributed by atoms with Crippen LogP contribution in [0.2, 0.25) is 0 Å². The van der Waals surface area contributed by atoms with Gasteiger partial charge in [-0.3, -0.25) is 29.1 Å². The van der Waals surface area contributed by atoms with Crippen molar-refractivity contribution < 1.29 is 19.2 Å². The van der Waals surface area contributed by atoms with E-state index < -0.39 is 4.92 Å². The number of anilines is 1. The van der Waals surface area contributed by atoms with Crippen molar-refractivity contribution in [2.75, 3.05) is 26.5 Å². The maximum absolute atomic E-state index is 12.3. The normalized spacial score (nSPS) is 10.5. The summed E-state index contributed by atoms with van der Waals surface area (Å²) < 4.78 is 7.60. The van der Waals surface area contributed by atoms with Crippen LogP contribution in [0, 0.1) is 10.1 Å². The number of carbonyl (C=O) groups is 2. The Hall–Kier alpha value is -3.44. The number of nitrogens with one attached hydrogen (secondary N) is 1. The van der Waals surface area contributed by atoms with Crippen molar-refractivity contribution in [1.29, 1.82) is 0 Å². The van der Waals surface area contributed by atoms with Crippen LogP contribution in [0.1, 0.15) is 23.8 Å². The van der Waals surface area contributed by atoms with Crippen LogP contribution in [0.5, 0.6) is 5.88 Å². The highest BCUT2D eigenvalue weighted by Gasteiger charge is 2.22. The molecule has 0 aliphatic rings. The number of nitro groups is 1. The van der Waals surface area contributed by atoms with Crippen molar-refractivity contribution >= 4 is 23.2 Å². The van der Waals surface area contributed by atoms with Crippen molar-refractivity contribution in [2.24, 2.45) is 0 Å². The molecule has 12 nitrogen and oxygen atoms in total. The molecule has 27 heavy (non-hydrogen) atoms. The van der Waals surface area contributed by atoms with Gasteiger partial charge in [0.2, 0.25) is 5.91 Å². The van der Waals surface area contributed by atoms with Gasteiger partial charge in [0.1, 0.15) is 11.9 Å². The summed E-state index contributed by atoms with van der Waals surface area (Å²) in [5.74, 6) is -0.781. The van der Waals surface area contributed by atoms with Gasteiger partial charge in [0.15, 0.2) is 0 Å². The molecule has 146 valence electrons. The summed E-state index contributed by atoms with van der Waals surface area (Å²) in [6.07, 6.45) is 2.61. The number of hydrogen-bond acceptors (Lipinski definition) is 7. The summed E-state index contributed by atoms with van der Waals surface area (Å²) in [6, 6.07) is 0. The van der Waals surface area contributed by atoms with Crippen LogP contribution in [-0.4, -0.2) is 62.4 Å². The van der Waals surface area contributed by atoms with Crippen LogP contribution in [0.4, 0.5) is 11.4 Å². The van der Waals surface area contributed by atoms with Gasteiger partial charge < -0.3 is 15.0 Å². The lowest BCUT2D eigenvalue weighted by Crippen LogP contribution is -2.26. The van der Waals surface area contributed by atoms with Gasteiger partial charge in [0.05, 0.1) is 30.5 Å². The van der Waals surface area contributed by atoms with Crippen LogP contribution in [0.25, 0.3) is 0 Å². The Balaban J connectivity index is 2.08. The van der Waals surface area contributed by atoms with Gasteiger partial charge in [-0.15, -0.1) is 5.10 Å². The molecule has 0 saturated carbocycles. The molecular formula is C15H21N7O5. The first kappa shape index (κ1) is 19.9. The summed E-state index contributed by atoms with van der Waals surface area (Å²) in [5.41, 5.74) is 0.317. The molecule has 2 rings (SSSR count). The fraction of sp³-hybridized carbons (Fsp3) is 0.467. The number of rotatable bonds is 8. The summed E-state index contributed by atoms with van der Waals surface area (Å²) in [6.45, 7) is 2.42. The van der Waals surface area contributed by atoms with Gasteiger partial charge in [0, 0.05) is 27.1 Å². The highest BCUT2D eigenvalue weighted by Crippen LogP contribution is 2.24. The number of aryl methyl sites for hydroxylation is 2. The van der Waals surface area contributed by atoms with E-state index in [9.17, 15) is 19.7 Å². The molecule has 2 heterocycles. The molecule has 1 N–H and O–H groups in total. The van der Waals surface area contributed by atoms with E-state index in [1.54, 1.807) is 14.1 Å². The maximum Gasteiger partial charge on any atom is 0.350 e. The Bertz CT molecular complexity index is 855. The van der Waals surface area contributed by atoms with Crippen LogP contribution in [0.3, 0.4) is 0 Å². The van der Waals surface area contributed by atoms with E-state index in [0.29, 0.717) is 12.2 Å². The largest absolute Gasteiger partial charge is 0.475 e. The first-order valence-corrected chi connectivity index (χ1v) is 8.11. The number of carbonyl (C=O) groups excluding carboxylic acids is 2. The van der Waals surface area contributed by atoms with E-state index in [2.05, 4.69) is 15.5 Å². The summed E-state index contributed by atoms with van der Waals surface area (Å²) in [4.78, 5) is 36.3. The van der Waals surface area contributed by atoms with Gasteiger partial charge in [-0.25, -0.2) is 0 Å². The number of aromatic nitrogens is 4. The van der Waals surface area contributed by atoms with Crippen LogP contribution < -0.4 is 10.1 Å². The fourth-order valence-electron chi connectivity index (χ4n) is 2.36. The molecule has 0 radical (unpaired) electrons. The van der Waals surface area contributed by atoms with E-state index in [0.717, 1.165) is 0 Å². The van der Waals surface area contributed by atoms with Crippen molar-refractivity contribution in [3.8, 4) is 5.88 Å². The zero-order chi connectivity index (χ0) is 20.1. The number of ether oxygens (including phenoxy) is 1. The molecule has 0 bridgehead atoms. The average Bonchev–Trinajstić information content (AvgIpc) is 3.22. The lowest BCUT2D eigenvalue weighted by atomic mass is 10.3. The maximum atomic E-state index is 12.3. The van der Waals surface area contributed by atoms with Gasteiger partial charge in [0.25, 0.3) is 5.91 Å². The molecule has 2 aromatic rings. The van der Waals surface area contributed by atoms with Crippen LogP contribution >= 0.6 is 0 Å². The monoisotopic (exact) mass is 379 g/mol. The Morgan fingerprint density at radius 1 is 1.41 bits per heavy atom. The third-order valence-corrected chi connectivity index (χ3v) is 3.69. The zero-order valence-corrected chi connectivity index (χ0v) is 15.5. The topological polar surface area (TPSA) is 137 Å².